The number of para-hydroxylation sites is 2. The minimum absolute atomic E-state index is 0.433. The predicted octanol–water partition coefficient (Wildman–Crippen LogP) is 4.79. The van der Waals surface area contributed by atoms with E-state index in [0.717, 1.165) is 40.0 Å². The Balaban J connectivity index is 1.31. The normalized spacial score (nSPS) is 10.8. The molecule has 0 radical (unpaired) electrons. The van der Waals surface area contributed by atoms with Crippen molar-refractivity contribution in [2.75, 3.05) is 19.4 Å². The van der Waals surface area contributed by atoms with E-state index in [-0.39, 0.29) is 0 Å². The summed E-state index contributed by atoms with van der Waals surface area (Å²) >= 11 is 7.58. The van der Waals surface area contributed by atoms with Gasteiger partial charge in [0.05, 0.1) is 12.8 Å². The number of thioether (sulfide) groups is 1. The summed E-state index contributed by atoms with van der Waals surface area (Å²) in [6, 6.07) is 23.4. The molecule has 3 aromatic carbocycles. The van der Waals surface area contributed by atoms with Crippen LogP contribution in [0.15, 0.2) is 78.0 Å². The van der Waals surface area contributed by atoms with E-state index in [9.17, 15) is 0 Å². The van der Waals surface area contributed by atoms with Gasteiger partial charge in [0.2, 0.25) is 5.16 Å². The molecule has 1 aromatic heterocycles. The Kier molecular flexibility index (Phi) is 8.19. The number of ether oxygens (including phenoxy) is 2. The minimum atomic E-state index is 0.433. The van der Waals surface area contributed by atoms with E-state index in [2.05, 4.69) is 20.8 Å². The molecule has 1 heterocycles. The first kappa shape index (κ1) is 23.1. The summed E-state index contributed by atoms with van der Waals surface area (Å²) in [7, 11) is 1.65. The molecule has 9 heteroatoms. The lowest BCUT2D eigenvalue weighted by Gasteiger charge is -2.16. The molecule has 0 saturated carbocycles. The van der Waals surface area contributed by atoms with Gasteiger partial charge in [-0.1, -0.05) is 65.8 Å². The summed E-state index contributed by atoms with van der Waals surface area (Å²) in [5, 5.41) is 17.0. The van der Waals surface area contributed by atoms with E-state index in [0.29, 0.717) is 23.9 Å². The Bertz CT molecular complexity index is 1160. The Hall–Kier alpha value is -3.07. The second kappa shape index (κ2) is 11.7. The van der Waals surface area contributed by atoms with Gasteiger partial charge in [-0.2, -0.15) is 4.68 Å². The third-order valence-corrected chi connectivity index (χ3v) is 6.02. The van der Waals surface area contributed by atoms with Gasteiger partial charge in [0.1, 0.15) is 6.61 Å². The highest BCUT2D eigenvalue weighted by atomic mass is 35.5. The third kappa shape index (κ3) is 6.25. The van der Waals surface area contributed by atoms with Crippen LogP contribution in [0.2, 0.25) is 5.02 Å². The highest BCUT2D eigenvalue weighted by Gasteiger charge is 2.12. The summed E-state index contributed by atoms with van der Waals surface area (Å²) in [5.41, 5.74) is 3.01. The van der Waals surface area contributed by atoms with Crippen LogP contribution in [0.5, 0.6) is 11.5 Å². The molecular formula is C24H24ClN5O2S. The average molecular weight is 482 g/mol. The smallest absolute Gasteiger partial charge is 0.214 e. The predicted molar refractivity (Wildman–Crippen MR) is 130 cm³/mol. The molecule has 170 valence electrons. The molecule has 0 bridgehead atoms. The molecule has 0 fully saturated rings. The second-order valence-corrected chi connectivity index (χ2v) is 8.60. The molecule has 0 unspecified atom stereocenters. The number of benzene rings is 3. The molecule has 33 heavy (non-hydrogen) atoms. The van der Waals surface area contributed by atoms with Crippen molar-refractivity contribution in [2.24, 2.45) is 0 Å². The van der Waals surface area contributed by atoms with Gasteiger partial charge in [-0.25, -0.2) is 0 Å². The van der Waals surface area contributed by atoms with E-state index in [4.69, 9.17) is 21.1 Å². The van der Waals surface area contributed by atoms with E-state index < -0.39 is 0 Å². The molecule has 0 spiro atoms. The average Bonchev–Trinajstić information content (AvgIpc) is 3.33. The van der Waals surface area contributed by atoms with Crippen LogP contribution in [0, 0.1) is 0 Å². The standard InChI is InChI=1S/C24H24ClN5O2S/c1-31-22-9-5-6-19(23(22)32-17-18-10-12-20(25)13-11-18)16-26-14-15-33-24-27-28-29-30(24)21-7-3-2-4-8-21/h2-13,26H,14-17H2,1H3. The quantitative estimate of drug-likeness (QED) is 0.244. The Morgan fingerprint density at radius 2 is 1.82 bits per heavy atom. The number of nitrogens with one attached hydrogen (secondary N) is 1. The summed E-state index contributed by atoms with van der Waals surface area (Å²) in [6.07, 6.45) is 0. The molecule has 4 aromatic rings. The summed E-state index contributed by atoms with van der Waals surface area (Å²) in [6.45, 7) is 1.86. The second-order valence-electron chi connectivity index (χ2n) is 7.10. The fraction of sp³-hybridized carbons (Fsp3) is 0.208. The highest BCUT2D eigenvalue weighted by molar-refractivity contribution is 7.99. The Morgan fingerprint density at radius 3 is 2.61 bits per heavy atom. The molecule has 1 N–H and O–H groups in total. The van der Waals surface area contributed by atoms with Crippen LogP contribution in [-0.4, -0.2) is 39.6 Å². The zero-order valence-electron chi connectivity index (χ0n) is 18.1. The molecule has 7 nitrogen and oxygen atoms in total. The van der Waals surface area contributed by atoms with E-state index in [1.54, 1.807) is 23.6 Å². The van der Waals surface area contributed by atoms with Gasteiger partial charge < -0.3 is 14.8 Å². The molecule has 0 atom stereocenters. The largest absolute Gasteiger partial charge is 0.493 e. The number of hydrogen-bond acceptors (Lipinski definition) is 7. The fourth-order valence-corrected chi connectivity index (χ4v) is 4.11. The maximum Gasteiger partial charge on any atom is 0.214 e. The first-order valence-electron chi connectivity index (χ1n) is 10.4. The van der Waals surface area contributed by atoms with Crippen molar-refractivity contribution in [1.82, 2.24) is 25.5 Å². The van der Waals surface area contributed by atoms with E-state index >= 15 is 0 Å². The van der Waals surface area contributed by atoms with Crippen molar-refractivity contribution in [3.63, 3.8) is 0 Å². The van der Waals surface area contributed by atoms with Crippen LogP contribution in [-0.2, 0) is 13.2 Å². The van der Waals surface area contributed by atoms with E-state index in [1.165, 1.54) is 0 Å². The van der Waals surface area contributed by atoms with Crippen LogP contribution < -0.4 is 14.8 Å². The number of nitrogens with zero attached hydrogens (tertiary/aromatic N) is 4. The van der Waals surface area contributed by atoms with Crippen LogP contribution in [0.1, 0.15) is 11.1 Å². The first-order chi connectivity index (χ1) is 16.2. The SMILES string of the molecule is COc1cccc(CNCCSc2nnnn2-c2ccccc2)c1OCc1ccc(Cl)cc1. The topological polar surface area (TPSA) is 74.1 Å². The number of hydrogen-bond donors (Lipinski definition) is 1. The highest BCUT2D eigenvalue weighted by Crippen LogP contribution is 2.32. The van der Waals surface area contributed by atoms with E-state index in [1.807, 2.05) is 72.8 Å². The molecule has 0 aliphatic rings. The number of tetrazole rings is 1. The number of rotatable bonds is 11. The van der Waals surface area contributed by atoms with Gasteiger partial charge >= 0.3 is 0 Å². The van der Waals surface area contributed by atoms with Crippen molar-refractivity contribution in [1.29, 1.82) is 0 Å². The monoisotopic (exact) mass is 481 g/mol. The van der Waals surface area contributed by atoms with Gasteiger partial charge in [0, 0.05) is 29.4 Å². The summed E-state index contributed by atoms with van der Waals surface area (Å²) in [5.74, 6) is 2.26. The fourth-order valence-electron chi connectivity index (χ4n) is 3.20. The lowest BCUT2D eigenvalue weighted by Crippen LogP contribution is -2.17. The molecule has 0 amide bonds. The zero-order valence-corrected chi connectivity index (χ0v) is 19.7. The van der Waals surface area contributed by atoms with Crippen molar-refractivity contribution in [3.8, 4) is 17.2 Å². The molecule has 4 rings (SSSR count). The van der Waals surface area contributed by atoms with Gasteiger partial charge in [-0.15, -0.1) is 5.10 Å². The maximum atomic E-state index is 6.12. The molecule has 0 aliphatic heterocycles. The summed E-state index contributed by atoms with van der Waals surface area (Å²) < 4.78 is 13.4. The van der Waals surface area contributed by atoms with Crippen molar-refractivity contribution in [3.05, 3.63) is 88.9 Å². The lowest BCUT2D eigenvalue weighted by molar-refractivity contribution is 0.280. The van der Waals surface area contributed by atoms with Crippen LogP contribution in [0.4, 0.5) is 0 Å². The maximum absolute atomic E-state index is 6.12. The Morgan fingerprint density at radius 1 is 1.00 bits per heavy atom. The third-order valence-electron chi connectivity index (χ3n) is 4.84. The van der Waals surface area contributed by atoms with Gasteiger partial charge in [0.15, 0.2) is 11.5 Å². The Labute approximate surface area is 202 Å². The minimum Gasteiger partial charge on any atom is -0.493 e. The number of aromatic nitrogens is 4. The molecule has 0 saturated heterocycles. The molecular weight excluding hydrogens is 458 g/mol. The summed E-state index contributed by atoms with van der Waals surface area (Å²) in [4.78, 5) is 0. The van der Waals surface area contributed by atoms with Crippen LogP contribution in [0.3, 0.4) is 0 Å². The van der Waals surface area contributed by atoms with Crippen molar-refractivity contribution >= 4 is 23.4 Å². The number of halogens is 1. The van der Waals surface area contributed by atoms with Crippen LogP contribution in [0.25, 0.3) is 5.69 Å². The van der Waals surface area contributed by atoms with Gasteiger partial charge in [0.25, 0.3) is 0 Å². The number of methoxy groups -OCH3 is 1. The van der Waals surface area contributed by atoms with Crippen molar-refractivity contribution in [2.45, 2.75) is 18.3 Å². The molecule has 0 aliphatic carbocycles. The van der Waals surface area contributed by atoms with Crippen LogP contribution >= 0.6 is 23.4 Å². The van der Waals surface area contributed by atoms with Gasteiger partial charge in [-0.05, 0) is 46.3 Å². The first-order valence-corrected chi connectivity index (χ1v) is 11.8. The zero-order chi connectivity index (χ0) is 22.9. The lowest BCUT2D eigenvalue weighted by atomic mass is 10.1. The van der Waals surface area contributed by atoms with Crippen molar-refractivity contribution < 1.29 is 9.47 Å². The van der Waals surface area contributed by atoms with Gasteiger partial charge in [-0.3, -0.25) is 0 Å².